The lowest BCUT2D eigenvalue weighted by atomic mass is 10.1. The average Bonchev–Trinajstić information content (AvgIpc) is 3.17. The van der Waals surface area contributed by atoms with Crippen LogP contribution in [0.2, 0.25) is 10.0 Å². The van der Waals surface area contributed by atoms with E-state index in [1.165, 1.54) is 5.56 Å². The van der Waals surface area contributed by atoms with Gasteiger partial charge in [0.25, 0.3) is 5.91 Å². The van der Waals surface area contributed by atoms with Gasteiger partial charge in [0, 0.05) is 17.4 Å². The molecule has 2 aromatic carbocycles. The van der Waals surface area contributed by atoms with Gasteiger partial charge in [0.15, 0.2) is 0 Å². The molecule has 1 aliphatic heterocycles. The first-order valence-corrected chi connectivity index (χ1v) is 12.8. The number of amides is 2. The molecule has 2 amide bonds. The zero-order valence-corrected chi connectivity index (χ0v) is 21.0. The maximum Gasteiger partial charge on any atom is 0.255 e. The van der Waals surface area contributed by atoms with Crippen LogP contribution in [-0.2, 0) is 11.2 Å². The molecule has 1 aliphatic rings. The molecule has 4 nitrogen and oxygen atoms in total. The fourth-order valence-electron chi connectivity index (χ4n) is 3.84. The summed E-state index contributed by atoms with van der Waals surface area (Å²) in [6, 6.07) is 14.6. The number of halogens is 2. The van der Waals surface area contributed by atoms with Gasteiger partial charge in [-0.05, 0) is 55.9 Å². The monoisotopic (exact) mass is 492 g/mol. The van der Waals surface area contributed by atoms with Crippen molar-refractivity contribution in [1.82, 2.24) is 10.2 Å². The topological polar surface area (TPSA) is 49.4 Å². The molecular formula is C25H30Cl2N2O2S. The van der Waals surface area contributed by atoms with Gasteiger partial charge in [-0.15, -0.1) is 11.8 Å². The minimum atomic E-state index is -0.509. The number of carbonyl (C=O) groups excluding carboxylic acids is 2. The fraction of sp³-hybridized carbons (Fsp3) is 0.440. The standard InChI is InChI=1S/C25H30Cl2N2O2S/c1-16(2)13-23-29(25(31)19-11-12-20(26)21(27)14-19)22(15-32-23)24(30)28-17(3)9-10-18-7-5-4-6-8-18/h4-8,11-12,14,16-17,22-23H,9-10,13,15H2,1-3H3,(H,28,30). The summed E-state index contributed by atoms with van der Waals surface area (Å²) >= 11 is 13.8. The molecule has 2 aromatic rings. The molecule has 0 aromatic heterocycles. The summed E-state index contributed by atoms with van der Waals surface area (Å²) in [5, 5.41) is 3.82. The Balaban J connectivity index is 1.71. The highest BCUT2D eigenvalue weighted by atomic mass is 35.5. The second-order valence-electron chi connectivity index (χ2n) is 8.71. The SMILES string of the molecule is CC(C)CC1SCC(C(=O)NC(C)CCc2ccccc2)N1C(=O)c1ccc(Cl)c(Cl)c1. The van der Waals surface area contributed by atoms with Gasteiger partial charge in [0.05, 0.1) is 15.4 Å². The summed E-state index contributed by atoms with van der Waals surface area (Å²) in [5.41, 5.74) is 1.70. The minimum Gasteiger partial charge on any atom is -0.352 e. The molecule has 1 fully saturated rings. The van der Waals surface area contributed by atoms with Crippen LogP contribution in [0.4, 0.5) is 0 Å². The first-order chi connectivity index (χ1) is 15.3. The Labute approximate surface area is 205 Å². The van der Waals surface area contributed by atoms with E-state index in [9.17, 15) is 9.59 Å². The molecule has 3 rings (SSSR count). The second kappa shape index (κ2) is 11.4. The van der Waals surface area contributed by atoms with Crippen LogP contribution in [0.1, 0.15) is 49.5 Å². The Kier molecular flexibility index (Phi) is 8.92. The number of rotatable bonds is 8. The van der Waals surface area contributed by atoms with E-state index in [-0.39, 0.29) is 23.2 Å². The molecular weight excluding hydrogens is 463 g/mol. The summed E-state index contributed by atoms with van der Waals surface area (Å²) in [6.45, 7) is 6.27. The molecule has 7 heteroatoms. The number of thioether (sulfide) groups is 1. The number of hydrogen-bond donors (Lipinski definition) is 1. The first-order valence-electron chi connectivity index (χ1n) is 11.0. The third-order valence-corrected chi connectivity index (χ3v) is 7.62. The van der Waals surface area contributed by atoms with Gasteiger partial charge in [-0.25, -0.2) is 0 Å². The van der Waals surface area contributed by atoms with Crippen LogP contribution in [0.25, 0.3) is 0 Å². The van der Waals surface area contributed by atoms with Crippen molar-refractivity contribution in [2.45, 2.75) is 57.5 Å². The molecule has 0 saturated carbocycles. The van der Waals surface area contributed by atoms with Gasteiger partial charge in [-0.3, -0.25) is 9.59 Å². The van der Waals surface area contributed by atoms with Crippen molar-refractivity contribution in [2.24, 2.45) is 5.92 Å². The van der Waals surface area contributed by atoms with Gasteiger partial charge in [-0.1, -0.05) is 67.4 Å². The van der Waals surface area contributed by atoms with E-state index in [4.69, 9.17) is 23.2 Å². The number of nitrogens with zero attached hydrogens (tertiary/aromatic N) is 1. The maximum atomic E-state index is 13.4. The second-order valence-corrected chi connectivity index (χ2v) is 10.7. The van der Waals surface area contributed by atoms with Crippen molar-refractivity contribution in [1.29, 1.82) is 0 Å². The Bertz CT molecular complexity index is 939. The molecule has 1 saturated heterocycles. The lowest BCUT2D eigenvalue weighted by Crippen LogP contribution is -2.51. The molecule has 32 heavy (non-hydrogen) atoms. The van der Waals surface area contributed by atoms with Crippen LogP contribution in [0.3, 0.4) is 0 Å². The van der Waals surface area contributed by atoms with E-state index >= 15 is 0 Å². The minimum absolute atomic E-state index is 0.0128. The van der Waals surface area contributed by atoms with Crippen LogP contribution in [0.5, 0.6) is 0 Å². The number of aryl methyl sites for hydroxylation is 1. The zero-order valence-electron chi connectivity index (χ0n) is 18.7. The van der Waals surface area contributed by atoms with Crippen molar-refractivity contribution in [3.05, 3.63) is 69.7 Å². The molecule has 1 N–H and O–H groups in total. The normalized spacial score (nSPS) is 19.2. The fourth-order valence-corrected chi connectivity index (χ4v) is 5.78. The van der Waals surface area contributed by atoms with Gasteiger partial charge in [-0.2, -0.15) is 0 Å². The van der Waals surface area contributed by atoms with Crippen molar-refractivity contribution < 1.29 is 9.59 Å². The summed E-state index contributed by atoms with van der Waals surface area (Å²) in [5.74, 6) is 0.707. The van der Waals surface area contributed by atoms with E-state index < -0.39 is 6.04 Å². The number of hydrogen-bond acceptors (Lipinski definition) is 3. The van der Waals surface area contributed by atoms with Gasteiger partial charge in [0.2, 0.25) is 5.91 Å². The van der Waals surface area contributed by atoms with E-state index in [1.54, 1.807) is 34.9 Å². The summed E-state index contributed by atoms with van der Waals surface area (Å²) in [7, 11) is 0. The first kappa shape index (κ1) is 24.9. The average molecular weight is 494 g/mol. The van der Waals surface area contributed by atoms with Crippen LogP contribution in [0, 0.1) is 5.92 Å². The molecule has 0 spiro atoms. The molecule has 172 valence electrons. The third kappa shape index (κ3) is 6.43. The summed E-state index contributed by atoms with van der Waals surface area (Å²) in [4.78, 5) is 28.4. The Morgan fingerprint density at radius 1 is 1.09 bits per heavy atom. The Hall–Kier alpha value is -1.69. The summed E-state index contributed by atoms with van der Waals surface area (Å²) < 4.78 is 0. The molecule has 0 aliphatic carbocycles. The predicted molar refractivity (Wildman–Crippen MR) is 134 cm³/mol. The van der Waals surface area contributed by atoms with Crippen LogP contribution in [-0.4, -0.2) is 39.9 Å². The number of carbonyl (C=O) groups is 2. The highest BCUT2D eigenvalue weighted by Gasteiger charge is 2.42. The van der Waals surface area contributed by atoms with Gasteiger partial charge < -0.3 is 10.2 Å². The molecule has 1 heterocycles. The molecule has 0 radical (unpaired) electrons. The van der Waals surface area contributed by atoms with E-state index in [0.29, 0.717) is 27.3 Å². The zero-order chi connectivity index (χ0) is 23.3. The van der Waals surface area contributed by atoms with Crippen molar-refractivity contribution >= 4 is 46.8 Å². The lowest BCUT2D eigenvalue weighted by Gasteiger charge is -2.30. The molecule has 0 bridgehead atoms. The number of benzene rings is 2. The van der Waals surface area contributed by atoms with Crippen LogP contribution < -0.4 is 5.32 Å². The smallest absolute Gasteiger partial charge is 0.255 e. The third-order valence-electron chi connectivity index (χ3n) is 5.57. The van der Waals surface area contributed by atoms with Crippen LogP contribution >= 0.6 is 35.0 Å². The van der Waals surface area contributed by atoms with Crippen molar-refractivity contribution in [3.63, 3.8) is 0 Å². The molecule has 3 atom stereocenters. The highest BCUT2D eigenvalue weighted by Crippen LogP contribution is 2.35. The maximum absolute atomic E-state index is 13.4. The summed E-state index contributed by atoms with van der Waals surface area (Å²) in [6.07, 6.45) is 2.56. The van der Waals surface area contributed by atoms with E-state index in [0.717, 1.165) is 19.3 Å². The van der Waals surface area contributed by atoms with Crippen molar-refractivity contribution in [2.75, 3.05) is 5.75 Å². The molecule has 3 unspecified atom stereocenters. The Morgan fingerprint density at radius 3 is 2.47 bits per heavy atom. The Morgan fingerprint density at radius 2 is 1.81 bits per heavy atom. The quantitative estimate of drug-likeness (QED) is 0.486. The van der Waals surface area contributed by atoms with E-state index in [1.807, 2.05) is 25.1 Å². The number of nitrogens with one attached hydrogen (secondary N) is 1. The lowest BCUT2D eigenvalue weighted by molar-refractivity contribution is -0.125. The van der Waals surface area contributed by atoms with Crippen molar-refractivity contribution in [3.8, 4) is 0 Å². The van der Waals surface area contributed by atoms with Gasteiger partial charge in [0.1, 0.15) is 6.04 Å². The van der Waals surface area contributed by atoms with Crippen LogP contribution in [0.15, 0.2) is 48.5 Å². The predicted octanol–water partition coefficient (Wildman–Crippen LogP) is 6.06. The highest BCUT2D eigenvalue weighted by molar-refractivity contribution is 8.00. The largest absolute Gasteiger partial charge is 0.352 e. The van der Waals surface area contributed by atoms with E-state index in [2.05, 4.69) is 31.3 Å². The van der Waals surface area contributed by atoms with Gasteiger partial charge >= 0.3 is 0 Å².